The van der Waals surface area contributed by atoms with Crippen LogP contribution in [0.25, 0.3) is 0 Å². The largest absolute Gasteiger partial charge is 0.493 e. The summed E-state index contributed by atoms with van der Waals surface area (Å²) < 4.78 is 6.92. The lowest BCUT2D eigenvalue weighted by atomic mass is 9.90. The molecular formula is C15H21BrO2. The van der Waals surface area contributed by atoms with E-state index in [-0.39, 0.29) is 0 Å². The number of halogens is 1. The van der Waals surface area contributed by atoms with Crippen LogP contribution in [-0.4, -0.2) is 11.7 Å². The lowest BCUT2D eigenvalue weighted by molar-refractivity contribution is 0.177. The maximum absolute atomic E-state index is 9.74. The van der Waals surface area contributed by atoms with Crippen LogP contribution >= 0.6 is 15.9 Å². The average Bonchev–Trinajstić information content (AvgIpc) is 2.37. The molecule has 0 aromatic heterocycles. The van der Waals surface area contributed by atoms with E-state index in [9.17, 15) is 5.11 Å². The molecule has 1 fully saturated rings. The Kier molecular flexibility index (Phi) is 5.07. The Morgan fingerprint density at radius 2 is 2.06 bits per heavy atom. The van der Waals surface area contributed by atoms with Gasteiger partial charge in [0, 0.05) is 10.0 Å². The fourth-order valence-electron chi connectivity index (χ4n) is 2.54. The van der Waals surface area contributed by atoms with Crippen LogP contribution < -0.4 is 4.74 Å². The molecule has 0 bridgehead atoms. The third kappa shape index (κ3) is 3.72. The molecule has 2 rings (SSSR count). The van der Waals surface area contributed by atoms with Crippen molar-refractivity contribution < 1.29 is 9.84 Å². The molecule has 0 heterocycles. The topological polar surface area (TPSA) is 29.5 Å². The molecule has 0 radical (unpaired) electrons. The van der Waals surface area contributed by atoms with Crippen LogP contribution in [0.15, 0.2) is 22.7 Å². The highest BCUT2D eigenvalue weighted by atomic mass is 79.9. The molecule has 18 heavy (non-hydrogen) atoms. The van der Waals surface area contributed by atoms with Gasteiger partial charge in [-0.15, -0.1) is 0 Å². The highest BCUT2D eigenvalue weighted by Crippen LogP contribution is 2.30. The van der Waals surface area contributed by atoms with Crippen molar-refractivity contribution in [3.8, 4) is 5.75 Å². The molecule has 2 nitrogen and oxygen atoms in total. The Morgan fingerprint density at radius 1 is 1.33 bits per heavy atom. The second-order valence-corrected chi connectivity index (χ2v) is 6.09. The molecule has 3 heteroatoms. The third-order valence-electron chi connectivity index (χ3n) is 3.62. The van der Waals surface area contributed by atoms with Crippen LogP contribution in [0, 0.1) is 5.92 Å². The van der Waals surface area contributed by atoms with Crippen molar-refractivity contribution in [3.63, 3.8) is 0 Å². The van der Waals surface area contributed by atoms with E-state index in [4.69, 9.17) is 4.74 Å². The maximum Gasteiger partial charge on any atom is 0.126 e. The number of aliphatic hydroxyl groups is 1. The molecule has 1 aliphatic carbocycles. The molecule has 100 valence electrons. The third-order valence-corrected chi connectivity index (χ3v) is 4.12. The van der Waals surface area contributed by atoms with Crippen LogP contribution in [-0.2, 0) is 0 Å². The smallest absolute Gasteiger partial charge is 0.126 e. The van der Waals surface area contributed by atoms with Crippen molar-refractivity contribution in [2.45, 2.75) is 45.1 Å². The maximum atomic E-state index is 9.74. The van der Waals surface area contributed by atoms with E-state index in [1.807, 2.05) is 18.2 Å². The van der Waals surface area contributed by atoms with Crippen LogP contribution in [0.2, 0.25) is 0 Å². The number of hydrogen-bond donors (Lipinski definition) is 1. The predicted octanol–water partition coefficient (Wildman–Crippen LogP) is 4.46. The van der Waals surface area contributed by atoms with E-state index >= 15 is 0 Å². The standard InChI is InChI=1S/C15H21BrO2/c1-11(17)14-8-7-13(16)9-15(14)18-10-12-5-3-2-4-6-12/h7-9,11-12,17H,2-6,10H2,1H3. The minimum absolute atomic E-state index is 0.487. The summed E-state index contributed by atoms with van der Waals surface area (Å²) in [5, 5.41) is 9.74. The van der Waals surface area contributed by atoms with Gasteiger partial charge in [0.05, 0.1) is 12.7 Å². The highest BCUT2D eigenvalue weighted by Gasteiger charge is 2.16. The normalized spacial score (nSPS) is 18.6. The predicted molar refractivity (Wildman–Crippen MR) is 76.8 cm³/mol. The summed E-state index contributed by atoms with van der Waals surface area (Å²) in [5.74, 6) is 1.49. The molecule has 1 aliphatic rings. The average molecular weight is 313 g/mol. The molecule has 1 N–H and O–H groups in total. The van der Waals surface area contributed by atoms with Crippen LogP contribution in [0.3, 0.4) is 0 Å². The van der Waals surface area contributed by atoms with E-state index in [1.165, 1.54) is 32.1 Å². The zero-order chi connectivity index (χ0) is 13.0. The Balaban J connectivity index is 2.00. The van der Waals surface area contributed by atoms with Gasteiger partial charge < -0.3 is 9.84 Å². The van der Waals surface area contributed by atoms with E-state index in [0.29, 0.717) is 5.92 Å². The second-order valence-electron chi connectivity index (χ2n) is 5.17. The van der Waals surface area contributed by atoms with Gasteiger partial charge in [-0.2, -0.15) is 0 Å². The van der Waals surface area contributed by atoms with E-state index < -0.39 is 6.10 Å². The highest BCUT2D eigenvalue weighted by molar-refractivity contribution is 9.10. The van der Waals surface area contributed by atoms with Gasteiger partial charge in [-0.25, -0.2) is 0 Å². The van der Waals surface area contributed by atoms with Crippen LogP contribution in [0.5, 0.6) is 5.75 Å². The Hall–Kier alpha value is -0.540. The van der Waals surface area contributed by atoms with Crippen molar-refractivity contribution in [3.05, 3.63) is 28.2 Å². The first-order valence-electron chi connectivity index (χ1n) is 6.77. The first-order valence-corrected chi connectivity index (χ1v) is 7.56. The number of ether oxygens (including phenoxy) is 1. The summed E-state index contributed by atoms with van der Waals surface area (Å²) in [6.07, 6.45) is 6.09. The summed E-state index contributed by atoms with van der Waals surface area (Å²) in [6, 6.07) is 5.81. The minimum Gasteiger partial charge on any atom is -0.493 e. The van der Waals surface area contributed by atoms with Gasteiger partial charge in [0.25, 0.3) is 0 Å². The number of aliphatic hydroxyl groups excluding tert-OH is 1. The minimum atomic E-state index is -0.487. The second kappa shape index (κ2) is 6.58. The monoisotopic (exact) mass is 312 g/mol. The Labute approximate surface area is 117 Å². The SMILES string of the molecule is CC(O)c1ccc(Br)cc1OCC1CCCCC1. The van der Waals surface area contributed by atoms with Gasteiger partial charge in [0.15, 0.2) is 0 Å². The van der Waals surface area contributed by atoms with Gasteiger partial charge >= 0.3 is 0 Å². The first kappa shape index (κ1) is 13.9. The molecule has 1 aromatic rings. The first-order chi connectivity index (χ1) is 8.66. The van der Waals surface area contributed by atoms with E-state index in [0.717, 1.165) is 22.4 Å². The zero-order valence-corrected chi connectivity index (χ0v) is 12.4. The summed E-state index contributed by atoms with van der Waals surface area (Å²) in [6.45, 7) is 2.55. The molecular weight excluding hydrogens is 292 g/mol. The summed E-state index contributed by atoms with van der Waals surface area (Å²) >= 11 is 3.45. The fourth-order valence-corrected chi connectivity index (χ4v) is 2.88. The quantitative estimate of drug-likeness (QED) is 0.889. The van der Waals surface area contributed by atoms with E-state index in [1.54, 1.807) is 6.92 Å². The van der Waals surface area contributed by atoms with Gasteiger partial charge in [-0.1, -0.05) is 41.3 Å². The fraction of sp³-hybridized carbons (Fsp3) is 0.600. The lowest BCUT2D eigenvalue weighted by Gasteiger charge is -2.23. The van der Waals surface area contributed by atoms with Crippen molar-refractivity contribution in [1.82, 2.24) is 0 Å². The molecule has 1 atom stereocenters. The Bertz CT molecular complexity index is 384. The molecule has 1 aromatic carbocycles. The molecule has 1 unspecified atom stereocenters. The van der Waals surface area contributed by atoms with Crippen molar-refractivity contribution in [2.24, 2.45) is 5.92 Å². The van der Waals surface area contributed by atoms with Crippen LogP contribution in [0.1, 0.15) is 50.7 Å². The molecule has 1 saturated carbocycles. The van der Waals surface area contributed by atoms with Crippen molar-refractivity contribution >= 4 is 15.9 Å². The molecule has 0 saturated heterocycles. The zero-order valence-electron chi connectivity index (χ0n) is 10.9. The van der Waals surface area contributed by atoms with Gasteiger partial charge in [0.2, 0.25) is 0 Å². The lowest BCUT2D eigenvalue weighted by Crippen LogP contribution is -2.16. The van der Waals surface area contributed by atoms with E-state index in [2.05, 4.69) is 15.9 Å². The number of hydrogen-bond acceptors (Lipinski definition) is 2. The van der Waals surface area contributed by atoms with Crippen LogP contribution in [0.4, 0.5) is 0 Å². The Morgan fingerprint density at radius 3 is 2.72 bits per heavy atom. The molecule has 0 amide bonds. The van der Waals surface area contributed by atoms with Crippen molar-refractivity contribution in [1.29, 1.82) is 0 Å². The summed E-state index contributed by atoms with van der Waals surface area (Å²) in [5.41, 5.74) is 0.869. The number of rotatable bonds is 4. The summed E-state index contributed by atoms with van der Waals surface area (Å²) in [7, 11) is 0. The molecule has 0 spiro atoms. The van der Waals surface area contributed by atoms with Gasteiger partial charge in [0.1, 0.15) is 5.75 Å². The van der Waals surface area contributed by atoms with Gasteiger partial charge in [-0.05, 0) is 37.8 Å². The summed E-state index contributed by atoms with van der Waals surface area (Å²) in [4.78, 5) is 0. The number of benzene rings is 1. The molecule has 0 aliphatic heterocycles. The van der Waals surface area contributed by atoms with Gasteiger partial charge in [-0.3, -0.25) is 0 Å². The van der Waals surface area contributed by atoms with Crippen molar-refractivity contribution in [2.75, 3.05) is 6.61 Å².